The van der Waals surface area contributed by atoms with E-state index in [0.29, 0.717) is 5.56 Å². The molecule has 0 aliphatic carbocycles. The van der Waals surface area contributed by atoms with E-state index in [1.807, 2.05) is 0 Å². The van der Waals surface area contributed by atoms with E-state index in [1.165, 1.54) is 18.3 Å². The molecule has 0 bridgehead atoms. The lowest BCUT2D eigenvalue weighted by atomic mass is 10.1. The molecule has 0 aliphatic rings. The quantitative estimate of drug-likeness (QED) is 0.408. The second-order valence-electron chi connectivity index (χ2n) is 2.40. The lowest BCUT2D eigenvalue weighted by Gasteiger charge is -2.05. The van der Waals surface area contributed by atoms with Gasteiger partial charge in [-0.15, -0.1) is 0 Å². The molecule has 2 N–H and O–H groups in total. The first kappa shape index (κ1) is 9.57. The van der Waals surface area contributed by atoms with Gasteiger partial charge in [-0.25, -0.2) is 0 Å². The normalized spacial score (nSPS) is 12.2. The third-order valence-electron chi connectivity index (χ3n) is 1.46. The Morgan fingerprint density at radius 1 is 1.15 bits per heavy atom. The van der Waals surface area contributed by atoms with Crippen molar-refractivity contribution in [1.29, 1.82) is 0 Å². The zero-order valence-electron chi connectivity index (χ0n) is 6.55. The Bertz CT molecular complexity index is 300. The Morgan fingerprint density at radius 2 is 1.69 bits per heavy atom. The smallest absolute Gasteiger partial charge is 0.323 e. The zero-order valence-corrected chi connectivity index (χ0v) is 6.55. The van der Waals surface area contributed by atoms with Gasteiger partial charge in [0, 0.05) is 0 Å². The summed E-state index contributed by atoms with van der Waals surface area (Å²) in [6.45, 7) is 0. The van der Waals surface area contributed by atoms with Crippen molar-refractivity contribution >= 4 is 6.21 Å². The monoisotopic (exact) mass is 188 g/mol. The average Bonchev–Trinajstić information content (AvgIpc) is 2.04. The van der Waals surface area contributed by atoms with E-state index in [-0.39, 0.29) is 0 Å². The minimum absolute atomic E-state index is 0.538. The van der Waals surface area contributed by atoms with E-state index in [0.717, 1.165) is 12.1 Å². The molecular weight excluding hydrogens is 181 g/mol. The van der Waals surface area contributed by atoms with E-state index >= 15 is 0 Å². The van der Waals surface area contributed by atoms with Crippen LogP contribution in [0.1, 0.15) is 11.1 Å². The number of nitrogens with two attached hydrogens (primary N) is 1. The number of alkyl halides is 3. The number of benzene rings is 1. The highest BCUT2D eigenvalue weighted by molar-refractivity contribution is 5.79. The molecule has 70 valence electrons. The summed E-state index contributed by atoms with van der Waals surface area (Å²) in [6.07, 6.45) is -3.02. The minimum Gasteiger partial charge on any atom is -0.323 e. The molecule has 1 aromatic carbocycles. The Hall–Kier alpha value is -1.52. The lowest BCUT2D eigenvalue weighted by molar-refractivity contribution is -0.137. The van der Waals surface area contributed by atoms with Crippen LogP contribution in [0.3, 0.4) is 0 Å². The van der Waals surface area contributed by atoms with Gasteiger partial charge in [-0.2, -0.15) is 18.3 Å². The highest BCUT2D eigenvalue weighted by Gasteiger charge is 2.29. The van der Waals surface area contributed by atoms with E-state index < -0.39 is 11.7 Å². The van der Waals surface area contributed by atoms with Crippen molar-refractivity contribution in [3.63, 3.8) is 0 Å². The minimum atomic E-state index is -4.29. The van der Waals surface area contributed by atoms with Crippen molar-refractivity contribution in [2.75, 3.05) is 0 Å². The van der Waals surface area contributed by atoms with Crippen LogP contribution in [0.2, 0.25) is 0 Å². The van der Waals surface area contributed by atoms with Crippen molar-refractivity contribution in [1.82, 2.24) is 0 Å². The predicted octanol–water partition coefficient (Wildman–Crippen LogP) is 2.00. The number of hydrogen-bond acceptors (Lipinski definition) is 2. The topological polar surface area (TPSA) is 38.4 Å². The first-order valence-electron chi connectivity index (χ1n) is 3.44. The Morgan fingerprint density at radius 3 is 2.08 bits per heavy atom. The maximum absolute atomic E-state index is 12.0. The van der Waals surface area contributed by atoms with E-state index in [2.05, 4.69) is 5.10 Å². The molecule has 0 amide bonds. The van der Waals surface area contributed by atoms with Gasteiger partial charge >= 0.3 is 6.18 Å². The van der Waals surface area contributed by atoms with Crippen molar-refractivity contribution in [3.05, 3.63) is 35.4 Å². The van der Waals surface area contributed by atoms with Crippen molar-refractivity contribution in [2.24, 2.45) is 10.9 Å². The van der Waals surface area contributed by atoms with Gasteiger partial charge in [-0.05, 0) is 17.7 Å². The lowest BCUT2D eigenvalue weighted by Crippen LogP contribution is -2.04. The first-order chi connectivity index (χ1) is 6.04. The Kier molecular flexibility index (Phi) is 2.55. The summed E-state index contributed by atoms with van der Waals surface area (Å²) in [5.74, 6) is 4.83. The Labute approximate surface area is 72.9 Å². The molecule has 0 aromatic heterocycles. The molecule has 2 nitrogen and oxygen atoms in total. The van der Waals surface area contributed by atoms with Crippen LogP contribution in [0.4, 0.5) is 13.2 Å². The summed E-state index contributed by atoms with van der Waals surface area (Å²) < 4.78 is 36.1. The number of hydrazone groups is 1. The third-order valence-corrected chi connectivity index (χ3v) is 1.46. The Balaban J connectivity index is 2.94. The molecule has 5 heteroatoms. The SMILES string of the molecule is N/N=C/c1ccc(C(F)(F)F)cc1. The largest absolute Gasteiger partial charge is 0.416 e. The molecule has 0 fully saturated rings. The van der Waals surface area contributed by atoms with Crippen LogP contribution < -0.4 is 5.84 Å². The van der Waals surface area contributed by atoms with Gasteiger partial charge in [0.1, 0.15) is 0 Å². The van der Waals surface area contributed by atoms with Gasteiger partial charge in [0.05, 0.1) is 11.8 Å². The summed E-state index contributed by atoms with van der Waals surface area (Å²) in [5.41, 5.74) is -0.142. The molecule has 0 atom stereocenters. The fourth-order valence-corrected chi connectivity index (χ4v) is 0.844. The molecule has 0 radical (unpaired) electrons. The van der Waals surface area contributed by atoms with Crippen LogP contribution in [-0.2, 0) is 6.18 Å². The summed E-state index contributed by atoms with van der Waals surface area (Å²) >= 11 is 0. The fraction of sp³-hybridized carbons (Fsp3) is 0.125. The molecule has 0 aliphatic heterocycles. The highest BCUT2D eigenvalue weighted by Crippen LogP contribution is 2.28. The van der Waals surface area contributed by atoms with Crippen LogP contribution in [0.25, 0.3) is 0 Å². The van der Waals surface area contributed by atoms with Crippen LogP contribution in [-0.4, -0.2) is 6.21 Å². The van der Waals surface area contributed by atoms with E-state index in [1.54, 1.807) is 0 Å². The molecular formula is C8H7F3N2. The molecule has 0 saturated carbocycles. The summed E-state index contributed by atoms with van der Waals surface area (Å²) in [4.78, 5) is 0. The molecule has 13 heavy (non-hydrogen) atoms. The fourth-order valence-electron chi connectivity index (χ4n) is 0.844. The van der Waals surface area contributed by atoms with E-state index in [4.69, 9.17) is 5.84 Å². The van der Waals surface area contributed by atoms with Crippen LogP contribution >= 0.6 is 0 Å². The average molecular weight is 188 g/mol. The second kappa shape index (κ2) is 3.47. The van der Waals surface area contributed by atoms with Crippen LogP contribution in [0.5, 0.6) is 0 Å². The van der Waals surface area contributed by atoms with Crippen LogP contribution in [0, 0.1) is 0 Å². The molecule has 1 aromatic rings. The third kappa shape index (κ3) is 2.47. The van der Waals surface area contributed by atoms with Crippen molar-refractivity contribution < 1.29 is 13.2 Å². The van der Waals surface area contributed by atoms with Gasteiger partial charge in [0.15, 0.2) is 0 Å². The molecule has 0 saturated heterocycles. The number of rotatable bonds is 1. The number of hydrogen-bond donors (Lipinski definition) is 1. The van der Waals surface area contributed by atoms with Gasteiger partial charge in [0.25, 0.3) is 0 Å². The predicted molar refractivity (Wildman–Crippen MR) is 43.2 cm³/mol. The maximum atomic E-state index is 12.0. The van der Waals surface area contributed by atoms with E-state index in [9.17, 15) is 13.2 Å². The first-order valence-corrected chi connectivity index (χ1v) is 3.44. The molecule has 0 heterocycles. The van der Waals surface area contributed by atoms with Crippen molar-refractivity contribution in [3.8, 4) is 0 Å². The van der Waals surface area contributed by atoms with Gasteiger partial charge in [-0.3, -0.25) is 0 Å². The standard InChI is InChI=1S/C8H7F3N2/c9-8(10,11)7-3-1-6(2-4-7)5-13-12/h1-5H,12H2/b13-5+. The summed E-state index contributed by atoms with van der Waals surface area (Å²) in [5, 5.41) is 3.19. The highest BCUT2D eigenvalue weighted by atomic mass is 19.4. The molecule has 0 spiro atoms. The summed E-state index contributed by atoms with van der Waals surface area (Å²) in [6, 6.07) is 4.58. The van der Waals surface area contributed by atoms with Gasteiger partial charge < -0.3 is 5.84 Å². The number of nitrogens with zero attached hydrogens (tertiary/aromatic N) is 1. The summed E-state index contributed by atoms with van der Waals surface area (Å²) in [7, 11) is 0. The van der Waals surface area contributed by atoms with Crippen molar-refractivity contribution in [2.45, 2.75) is 6.18 Å². The second-order valence-corrected chi connectivity index (χ2v) is 2.40. The van der Waals surface area contributed by atoms with Crippen LogP contribution in [0.15, 0.2) is 29.4 Å². The van der Waals surface area contributed by atoms with Gasteiger partial charge in [0.2, 0.25) is 0 Å². The maximum Gasteiger partial charge on any atom is 0.416 e. The number of halogens is 3. The molecule has 0 unspecified atom stereocenters. The molecule has 1 rings (SSSR count). The zero-order chi connectivity index (χ0) is 9.90. The van der Waals surface area contributed by atoms with Gasteiger partial charge in [-0.1, -0.05) is 12.1 Å².